The van der Waals surface area contributed by atoms with Crippen LogP contribution in [0.3, 0.4) is 0 Å². The second kappa shape index (κ2) is 5.51. The van der Waals surface area contributed by atoms with Crippen LogP contribution < -0.4 is 0 Å². The molecule has 3 heterocycles. The summed E-state index contributed by atoms with van der Waals surface area (Å²) >= 11 is 11.7. The third kappa shape index (κ3) is 2.52. The van der Waals surface area contributed by atoms with Crippen molar-refractivity contribution < 1.29 is 4.79 Å². The van der Waals surface area contributed by atoms with Gasteiger partial charge in [0, 0.05) is 31.4 Å². The first-order valence-corrected chi connectivity index (χ1v) is 7.68. The zero-order chi connectivity index (χ0) is 14.3. The predicted molar refractivity (Wildman–Crippen MR) is 79.4 cm³/mol. The first kappa shape index (κ1) is 14.1. The summed E-state index contributed by atoms with van der Waals surface area (Å²) in [7, 11) is 0. The van der Waals surface area contributed by atoms with Crippen molar-refractivity contribution in [3.05, 3.63) is 28.0 Å². The Labute approximate surface area is 128 Å². The number of carbonyl (C=O) groups is 1. The summed E-state index contributed by atoms with van der Waals surface area (Å²) in [5.74, 6) is -0.00452. The van der Waals surface area contributed by atoms with E-state index < -0.39 is 0 Å². The lowest BCUT2D eigenvalue weighted by Gasteiger charge is -2.42. The Bertz CT molecular complexity index is 537. The minimum absolute atomic E-state index is 0.00452. The zero-order valence-corrected chi connectivity index (χ0v) is 12.9. The number of rotatable bonds is 1. The SMILES string of the molecule is CC1CN2CCCC2CN1C(=O)c1cnc(Cl)c(Cl)c1. The summed E-state index contributed by atoms with van der Waals surface area (Å²) in [5.41, 5.74) is 0.512. The molecule has 0 spiro atoms. The minimum Gasteiger partial charge on any atom is -0.333 e. The van der Waals surface area contributed by atoms with Crippen LogP contribution in [0.4, 0.5) is 0 Å². The number of fused-ring (bicyclic) bond motifs is 1. The molecule has 1 aromatic heterocycles. The molecule has 2 aliphatic rings. The van der Waals surface area contributed by atoms with Crippen LogP contribution in [0.1, 0.15) is 30.1 Å². The van der Waals surface area contributed by atoms with E-state index in [0.29, 0.717) is 16.6 Å². The number of nitrogens with zero attached hydrogens (tertiary/aromatic N) is 3. The van der Waals surface area contributed by atoms with Gasteiger partial charge in [0.1, 0.15) is 5.15 Å². The maximum absolute atomic E-state index is 12.6. The lowest BCUT2D eigenvalue weighted by atomic mass is 10.1. The van der Waals surface area contributed by atoms with Crippen molar-refractivity contribution in [2.45, 2.75) is 31.8 Å². The van der Waals surface area contributed by atoms with Gasteiger partial charge < -0.3 is 4.90 Å². The minimum atomic E-state index is -0.00452. The van der Waals surface area contributed by atoms with Gasteiger partial charge in [0.2, 0.25) is 0 Å². The molecule has 20 heavy (non-hydrogen) atoms. The van der Waals surface area contributed by atoms with Crippen LogP contribution in [0.5, 0.6) is 0 Å². The number of amides is 1. The predicted octanol–water partition coefficient (Wildman–Crippen LogP) is 2.70. The monoisotopic (exact) mass is 313 g/mol. The second-order valence-corrected chi connectivity index (χ2v) is 6.36. The number of carbonyl (C=O) groups excluding carboxylic acids is 1. The molecule has 6 heteroatoms. The molecule has 2 unspecified atom stereocenters. The van der Waals surface area contributed by atoms with E-state index in [1.165, 1.54) is 19.0 Å². The zero-order valence-electron chi connectivity index (χ0n) is 11.4. The van der Waals surface area contributed by atoms with Crippen molar-refractivity contribution in [2.24, 2.45) is 0 Å². The molecule has 108 valence electrons. The molecule has 0 aromatic carbocycles. The van der Waals surface area contributed by atoms with E-state index in [4.69, 9.17) is 23.2 Å². The molecule has 3 rings (SSSR count). The average molecular weight is 314 g/mol. The molecular weight excluding hydrogens is 297 g/mol. The van der Waals surface area contributed by atoms with Crippen molar-refractivity contribution in [3.8, 4) is 0 Å². The highest BCUT2D eigenvalue weighted by Crippen LogP contribution is 2.27. The second-order valence-electron chi connectivity index (χ2n) is 5.59. The Kier molecular flexibility index (Phi) is 3.89. The van der Waals surface area contributed by atoms with Gasteiger partial charge in [-0.2, -0.15) is 0 Å². The van der Waals surface area contributed by atoms with Crippen molar-refractivity contribution in [1.82, 2.24) is 14.8 Å². The number of hydrogen-bond donors (Lipinski definition) is 0. The van der Waals surface area contributed by atoms with Crippen molar-refractivity contribution >= 4 is 29.1 Å². The number of pyridine rings is 1. The molecule has 0 N–H and O–H groups in total. The average Bonchev–Trinajstić information content (AvgIpc) is 2.87. The topological polar surface area (TPSA) is 36.4 Å². The standard InChI is InChI=1S/C14H17Cl2N3O/c1-9-7-18-4-2-3-11(18)8-19(9)14(20)10-5-12(15)13(16)17-6-10/h5-6,9,11H,2-4,7-8H2,1H3. The van der Waals surface area contributed by atoms with Gasteiger partial charge in [0.05, 0.1) is 10.6 Å². The Morgan fingerprint density at radius 1 is 1.40 bits per heavy atom. The van der Waals surface area contributed by atoms with Gasteiger partial charge in [-0.05, 0) is 32.4 Å². The van der Waals surface area contributed by atoms with Gasteiger partial charge in [-0.15, -0.1) is 0 Å². The smallest absolute Gasteiger partial charge is 0.255 e. The van der Waals surface area contributed by atoms with Crippen molar-refractivity contribution in [3.63, 3.8) is 0 Å². The van der Waals surface area contributed by atoms with Crippen LogP contribution >= 0.6 is 23.2 Å². The summed E-state index contributed by atoms with van der Waals surface area (Å²) in [6.07, 6.45) is 3.91. The van der Waals surface area contributed by atoms with Crippen molar-refractivity contribution in [1.29, 1.82) is 0 Å². The van der Waals surface area contributed by atoms with E-state index in [0.717, 1.165) is 19.6 Å². The maximum Gasteiger partial charge on any atom is 0.255 e. The van der Waals surface area contributed by atoms with Gasteiger partial charge in [0.15, 0.2) is 0 Å². The van der Waals surface area contributed by atoms with Crippen LogP contribution in [-0.2, 0) is 0 Å². The van der Waals surface area contributed by atoms with Crippen LogP contribution in [0.25, 0.3) is 0 Å². The maximum atomic E-state index is 12.6. The van der Waals surface area contributed by atoms with Gasteiger partial charge in [-0.25, -0.2) is 4.98 Å². The summed E-state index contributed by atoms with van der Waals surface area (Å²) in [4.78, 5) is 21.0. The molecule has 0 bridgehead atoms. The van der Waals surface area contributed by atoms with Gasteiger partial charge in [-0.1, -0.05) is 23.2 Å². The molecule has 4 nitrogen and oxygen atoms in total. The quantitative estimate of drug-likeness (QED) is 0.748. The highest BCUT2D eigenvalue weighted by Gasteiger charge is 2.36. The van der Waals surface area contributed by atoms with Crippen LogP contribution in [0.15, 0.2) is 12.3 Å². The summed E-state index contributed by atoms with van der Waals surface area (Å²) in [5, 5.41) is 0.557. The molecule has 0 aliphatic carbocycles. The van der Waals surface area contributed by atoms with Crippen molar-refractivity contribution in [2.75, 3.05) is 19.6 Å². The molecule has 2 fully saturated rings. The van der Waals surface area contributed by atoms with Gasteiger partial charge in [0.25, 0.3) is 5.91 Å². The third-order valence-electron chi connectivity index (χ3n) is 4.24. The highest BCUT2D eigenvalue weighted by molar-refractivity contribution is 6.41. The molecule has 2 aliphatic heterocycles. The molecule has 2 atom stereocenters. The molecule has 2 saturated heterocycles. The van der Waals surface area contributed by atoms with E-state index in [1.54, 1.807) is 6.07 Å². The summed E-state index contributed by atoms with van der Waals surface area (Å²) < 4.78 is 0. The van der Waals surface area contributed by atoms with E-state index in [9.17, 15) is 4.79 Å². The number of aromatic nitrogens is 1. The number of halogens is 2. The van der Waals surface area contributed by atoms with Crippen LogP contribution in [0, 0.1) is 0 Å². The number of hydrogen-bond acceptors (Lipinski definition) is 3. The number of piperazine rings is 1. The lowest BCUT2D eigenvalue weighted by molar-refractivity contribution is 0.0395. The van der Waals surface area contributed by atoms with Crippen LogP contribution in [-0.4, -0.2) is 52.4 Å². The first-order valence-electron chi connectivity index (χ1n) is 6.92. The molecular formula is C14H17Cl2N3O. The first-order chi connectivity index (χ1) is 9.56. The highest BCUT2D eigenvalue weighted by atomic mass is 35.5. The van der Waals surface area contributed by atoms with Gasteiger partial charge in [-0.3, -0.25) is 9.69 Å². The lowest BCUT2D eigenvalue weighted by Crippen LogP contribution is -2.56. The van der Waals surface area contributed by atoms with Crippen LogP contribution in [0.2, 0.25) is 10.2 Å². The van der Waals surface area contributed by atoms with Gasteiger partial charge >= 0.3 is 0 Å². The van der Waals surface area contributed by atoms with E-state index in [1.807, 2.05) is 4.90 Å². The van der Waals surface area contributed by atoms with E-state index in [2.05, 4.69) is 16.8 Å². The fraction of sp³-hybridized carbons (Fsp3) is 0.571. The fourth-order valence-corrected chi connectivity index (χ4v) is 3.44. The third-order valence-corrected chi connectivity index (χ3v) is 4.93. The van der Waals surface area contributed by atoms with E-state index >= 15 is 0 Å². The van der Waals surface area contributed by atoms with E-state index in [-0.39, 0.29) is 17.1 Å². The fourth-order valence-electron chi connectivity index (χ4n) is 3.17. The Morgan fingerprint density at radius 2 is 2.20 bits per heavy atom. The Hall–Kier alpha value is -0.840. The summed E-state index contributed by atoms with van der Waals surface area (Å²) in [6.45, 7) is 4.99. The molecule has 0 saturated carbocycles. The molecule has 0 radical (unpaired) electrons. The molecule has 1 aromatic rings. The molecule has 1 amide bonds. The Balaban J connectivity index is 1.80. The largest absolute Gasteiger partial charge is 0.333 e. The summed E-state index contributed by atoms with van der Waals surface area (Å²) in [6, 6.07) is 2.32. The Morgan fingerprint density at radius 3 is 2.95 bits per heavy atom. The normalized spacial score (nSPS) is 26.6.